The number of carbonyl (C=O) groups excluding carboxylic acids is 1. The average molecular weight is 825 g/mol. The summed E-state index contributed by atoms with van der Waals surface area (Å²) in [6.07, 6.45) is 8.82. The van der Waals surface area contributed by atoms with E-state index in [1.807, 2.05) is 12.1 Å². The molecular formula is C40H50BrN5O7S. The maximum absolute atomic E-state index is 13.3. The predicted octanol–water partition coefficient (Wildman–Crippen LogP) is 7.69. The van der Waals surface area contributed by atoms with E-state index >= 15 is 0 Å². The van der Waals surface area contributed by atoms with Gasteiger partial charge in [0.05, 0.1) is 21.5 Å². The van der Waals surface area contributed by atoms with Crippen LogP contribution in [0.25, 0.3) is 0 Å². The molecule has 14 heteroatoms. The molecule has 3 aromatic rings. The number of hydrogen-bond donors (Lipinski definition) is 2. The fourth-order valence-corrected chi connectivity index (χ4v) is 10.3. The zero-order chi connectivity index (χ0) is 38.0. The average Bonchev–Trinajstić information content (AvgIpc) is 3.62. The summed E-state index contributed by atoms with van der Waals surface area (Å²) in [5, 5.41) is 15.0. The predicted molar refractivity (Wildman–Crippen MR) is 212 cm³/mol. The number of ether oxygens (including phenoxy) is 2. The molecule has 0 bridgehead atoms. The third kappa shape index (κ3) is 8.41. The van der Waals surface area contributed by atoms with Crippen molar-refractivity contribution in [1.29, 1.82) is 0 Å². The summed E-state index contributed by atoms with van der Waals surface area (Å²) in [6, 6.07) is 18.5. The van der Waals surface area contributed by atoms with Gasteiger partial charge >= 0.3 is 0 Å². The summed E-state index contributed by atoms with van der Waals surface area (Å²) >= 11 is 3.50. The molecule has 54 heavy (non-hydrogen) atoms. The van der Waals surface area contributed by atoms with Gasteiger partial charge in [-0.1, -0.05) is 18.2 Å². The summed E-state index contributed by atoms with van der Waals surface area (Å²) < 4.78 is 40.7. The molecule has 1 aliphatic carbocycles. The van der Waals surface area contributed by atoms with Crippen LogP contribution in [0.2, 0.25) is 0 Å². The minimum atomic E-state index is -4.40. The summed E-state index contributed by atoms with van der Waals surface area (Å²) in [4.78, 5) is 29.2. The highest BCUT2D eigenvalue weighted by atomic mass is 79.9. The van der Waals surface area contributed by atoms with Crippen LogP contribution < -0.4 is 19.7 Å². The molecule has 0 radical (unpaired) electrons. The van der Waals surface area contributed by atoms with Crippen LogP contribution >= 0.6 is 15.9 Å². The molecule has 0 unspecified atom stereocenters. The highest BCUT2D eigenvalue weighted by Crippen LogP contribution is 2.54. The summed E-state index contributed by atoms with van der Waals surface area (Å²) in [7, 11) is -4.40. The molecule has 4 aliphatic rings. The number of anilines is 2. The Hall–Kier alpha value is -3.72. The van der Waals surface area contributed by atoms with E-state index in [-0.39, 0.29) is 27.9 Å². The number of likely N-dealkylation sites (tertiary alicyclic amines) is 1. The number of carbonyl (C=O) groups is 1. The maximum Gasteiger partial charge on any atom is 0.293 e. The second-order valence-electron chi connectivity index (χ2n) is 15.6. The summed E-state index contributed by atoms with van der Waals surface area (Å²) in [6.45, 7) is 8.92. The van der Waals surface area contributed by atoms with Crippen molar-refractivity contribution in [2.24, 2.45) is 11.3 Å². The molecule has 4 fully saturated rings. The number of nitrogens with one attached hydrogen (secondary N) is 2. The van der Waals surface area contributed by atoms with Crippen LogP contribution in [0.3, 0.4) is 0 Å². The summed E-state index contributed by atoms with van der Waals surface area (Å²) in [5.74, 6) is 0.490. The van der Waals surface area contributed by atoms with Crippen molar-refractivity contribution in [3.63, 3.8) is 0 Å². The normalized spacial score (nSPS) is 20.9. The van der Waals surface area contributed by atoms with Gasteiger partial charge in [0, 0.05) is 66.7 Å². The second-order valence-corrected chi connectivity index (χ2v) is 18.2. The highest BCUT2D eigenvalue weighted by molar-refractivity contribution is 9.10. The Kier molecular flexibility index (Phi) is 11.5. The van der Waals surface area contributed by atoms with Crippen LogP contribution in [0.15, 0.2) is 70.0 Å². The third-order valence-corrected chi connectivity index (χ3v) is 13.7. The molecule has 1 atom stereocenters. The quantitative estimate of drug-likeness (QED) is 0.138. The summed E-state index contributed by atoms with van der Waals surface area (Å²) in [5.41, 5.74) is 2.64. The van der Waals surface area contributed by atoms with Gasteiger partial charge in [0.1, 0.15) is 11.4 Å². The molecule has 290 valence electrons. The minimum Gasteiger partial charge on any atom is -0.491 e. The molecular weight excluding hydrogens is 774 g/mol. The first-order chi connectivity index (χ1) is 25.9. The molecule has 3 heterocycles. The van der Waals surface area contributed by atoms with E-state index in [1.165, 1.54) is 37.0 Å². The van der Waals surface area contributed by atoms with Gasteiger partial charge in [-0.3, -0.25) is 19.8 Å². The van der Waals surface area contributed by atoms with Crippen molar-refractivity contribution >= 4 is 48.9 Å². The van der Waals surface area contributed by atoms with Crippen LogP contribution in [0.1, 0.15) is 87.2 Å². The fraction of sp³-hybridized carbons (Fsp3) is 0.525. The first-order valence-electron chi connectivity index (χ1n) is 19.1. The molecule has 3 aromatic carbocycles. The van der Waals surface area contributed by atoms with Crippen molar-refractivity contribution in [1.82, 2.24) is 9.62 Å². The van der Waals surface area contributed by atoms with Gasteiger partial charge in [-0.05, 0) is 135 Å². The lowest BCUT2D eigenvalue weighted by Crippen LogP contribution is -2.54. The van der Waals surface area contributed by atoms with Crippen molar-refractivity contribution in [2.45, 2.75) is 88.3 Å². The standard InChI is InChI=1S/C40H50BrN5O7S/c1-27(2)53-38-8-4-3-6-33(38)36-7-5-17-45(36)30-24-40(25-30)15-18-44(19-16-40)29-9-11-32(34(41)22-29)39(47)43-54(50,51)31-10-12-35(37(23-31)46(48)49)42-26-28-13-20-52-21-14-28/h3-4,6,8-12,22-23,27-28,30,36,42H,5,7,13-21,24-26H2,1-2H3,(H,43,47)/t36-/m0/s1. The first kappa shape index (κ1) is 38.6. The lowest BCUT2D eigenvalue weighted by Gasteiger charge is -2.56. The Bertz CT molecular complexity index is 1960. The number of nitro groups is 1. The number of sulfonamides is 1. The van der Waals surface area contributed by atoms with Gasteiger partial charge in [-0.2, -0.15) is 0 Å². The topological polar surface area (TPSA) is 143 Å². The Morgan fingerprint density at radius 3 is 2.48 bits per heavy atom. The number of nitrogens with zero attached hydrogens (tertiary/aromatic N) is 3. The lowest BCUT2D eigenvalue weighted by atomic mass is 9.60. The zero-order valence-electron chi connectivity index (χ0n) is 31.0. The van der Waals surface area contributed by atoms with E-state index in [0.717, 1.165) is 69.2 Å². The molecule has 1 spiro atoms. The van der Waals surface area contributed by atoms with E-state index in [1.54, 1.807) is 6.07 Å². The van der Waals surface area contributed by atoms with Crippen LogP contribution in [-0.4, -0.2) is 75.7 Å². The van der Waals surface area contributed by atoms with Crippen molar-refractivity contribution in [2.75, 3.05) is 49.6 Å². The van der Waals surface area contributed by atoms with Gasteiger partial charge in [0.2, 0.25) is 0 Å². The van der Waals surface area contributed by atoms with E-state index in [9.17, 15) is 23.3 Å². The van der Waals surface area contributed by atoms with Gasteiger partial charge in [0.15, 0.2) is 0 Å². The van der Waals surface area contributed by atoms with E-state index < -0.39 is 20.9 Å². The molecule has 7 rings (SSSR count). The monoisotopic (exact) mass is 823 g/mol. The van der Waals surface area contributed by atoms with E-state index in [4.69, 9.17) is 9.47 Å². The molecule has 12 nitrogen and oxygen atoms in total. The van der Waals surface area contributed by atoms with Crippen molar-refractivity contribution in [3.05, 3.63) is 86.4 Å². The third-order valence-electron chi connectivity index (χ3n) is 11.8. The number of halogens is 1. The molecule has 3 saturated heterocycles. The number of piperidine rings is 1. The van der Waals surface area contributed by atoms with Crippen molar-refractivity contribution < 1.29 is 27.6 Å². The SMILES string of the molecule is CC(C)Oc1ccccc1[C@@H]1CCCN1C1CC2(CCN(c3ccc(C(=O)NS(=O)(=O)c4ccc(NCC5CCOCC5)c([N+](=O)[O-])c4)c(Br)c3)CC2)C1. The number of nitro benzene ring substituents is 1. The van der Waals surface area contributed by atoms with Gasteiger partial charge < -0.3 is 19.7 Å². The van der Waals surface area contributed by atoms with Crippen LogP contribution in [-0.2, 0) is 14.8 Å². The van der Waals surface area contributed by atoms with Gasteiger partial charge in [0.25, 0.3) is 21.6 Å². The first-order valence-corrected chi connectivity index (χ1v) is 21.4. The molecule has 1 saturated carbocycles. The van der Waals surface area contributed by atoms with E-state index in [0.29, 0.717) is 47.6 Å². The molecule has 0 aromatic heterocycles. The molecule has 2 N–H and O–H groups in total. The van der Waals surface area contributed by atoms with E-state index in [2.05, 4.69) is 73.9 Å². The smallest absolute Gasteiger partial charge is 0.293 e. The number of benzene rings is 3. The Labute approximate surface area is 326 Å². The molecule has 1 amide bonds. The number of amides is 1. The lowest BCUT2D eigenvalue weighted by molar-refractivity contribution is -0.384. The zero-order valence-corrected chi connectivity index (χ0v) is 33.4. The fourth-order valence-electron chi connectivity index (χ4n) is 8.80. The maximum atomic E-state index is 13.3. The van der Waals surface area contributed by atoms with Crippen LogP contribution in [0, 0.1) is 21.4 Å². The Balaban J connectivity index is 0.939. The largest absolute Gasteiger partial charge is 0.491 e. The molecule has 3 aliphatic heterocycles. The highest BCUT2D eigenvalue weighted by Gasteiger charge is 2.50. The Morgan fingerprint density at radius 2 is 1.78 bits per heavy atom. The number of para-hydroxylation sites is 1. The van der Waals surface area contributed by atoms with Crippen LogP contribution in [0.4, 0.5) is 17.1 Å². The van der Waals surface area contributed by atoms with Crippen molar-refractivity contribution in [3.8, 4) is 5.75 Å². The van der Waals surface area contributed by atoms with Crippen LogP contribution in [0.5, 0.6) is 5.75 Å². The van der Waals surface area contributed by atoms with Gasteiger partial charge in [-0.15, -0.1) is 0 Å². The second kappa shape index (κ2) is 16.2. The minimum absolute atomic E-state index is 0.139. The Morgan fingerprint density at radius 1 is 1.04 bits per heavy atom. The van der Waals surface area contributed by atoms with Gasteiger partial charge in [-0.25, -0.2) is 13.1 Å². The number of rotatable bonds is 12. The number of hydrogen-bond acceptors (Lipinski definition) is 10.